The molecule has 0 radical (unpaired) electrons. The number of ether oxygens (including phenoxy) is 3. The van der Waals surface area contributed by atoms with Crippen molar-refractivity contribution in [3.05, 3.63) is 0 Å². The van der Waals surface area contributed by atoms with Crippen LogP contribution in [0.1, 0.15) is 483 Å². The molecule has 0 aromatic rings. The first-order valence-electron chi connectivity index (χ1n) is 40.5. The van der Waals surface area contributed by atoms with Crippen LogP contribution in [0.15, 0.2) is 0 Å². The number of hydrogen-bond acceptors (Lipinski definition) is 6. The van der Waals surface area contributed by atoms with Gasteiger partial charge in [-0.05, 0) is 19.3 Å². The maximum absolute atomic E-state index is 13.0. The van der Waals surface area contributed by atoms with Crippen molar-refractivity contribution in [3.8, 4) is 0 Å². The fourth-order valence-electron chi connectivity index (χ4n) is 13.0. The summed E-state index contributed by atoms with van der Waals surface area (Å²) >= 11 is 0. The Kier molecular flexibility index (Phi) is 75.5. The first kappa shape index (κ1) is 85.4. The van der Waals surface area contributed by atoms with Crippen molar-refractivity contribution in [1.82, 2.24) is 0 Å². The number of carbonyl (C=O) groups excluding carboxylic acids is 3. The Bertz CT molecular complexity index is 1250. The quantitative estimate of drug-likeness (QED) is 0.0343. The Labute approximate surface area is 546 Å². The summed E-state index contributed by atoms with van der Waals surface area (Å²) in [6, 6.07) is 0. The van der Waals surface area contributed by atoms with Gasteiger partial charge in [0.25, 0.3) is 0 Å². The molecule has 87 heavy (non-hydrogen) atoms. The third-order valence-corrected chi connectivity index (χ3v) is 19.1. The molecular formula is C81H158O6. The maximum Gasteiger partial charge on any atom is 0.306 e. The Morgan fingerprint density at radius 3 is 0.460 bits per heavy atom. The molecule has 6 nitrogen and oxygen atoms in total. The predicted octanol–water partition coefficient (Wildman–Crippen LogP) is 28.1. The lowest BCUT2D eigenvalue weighted by molar-refractivity contribution is -0.167. The second-order valence-corrected chi connectivity index (χ2v) is 28.1. The molecular weight excluding hydrogens is 1070 g/mol. The minimum absolute atomic E-state index is 0.0595. The highest BCUT2D eigenvalue weighted by Gasteiger charge is 2.20. The van der Waals surface area contributed by atoms with Gasteiger partial charge in [-0.15, -0.1) is 0 Å². The molecule has 0 aromatic heterocycles. The highest BCUT2D eigenvalue weighted by atomic mass is 16.6. The van der Waals surface area contributed by atoms with Crippen LogP contribution in [0.4, 0.5) is 0 Å². The van der Waals surface area contributed by atoms with Crippen LogP contribution in [0, 0.1) is 0 Å². The molecule has 0 amide bonds. The Hall–Kier alpha value is -1.59. The molecule has 6 heteroatoms. The molecule has 0 N–H and O–H groups in total. The topological polar surface area (TPSA) is 78.9 Å². The van der Waals surface area contributed by atoms with Crippen molar-refractivity contribution in [2.75, 3.05) is 13.2 Å². The van der Waals surface area contributed by atoms with E-state index in [-0.39, 0.29) is 31.1 Å². The number of unbranched alkanes of at least 4 members (excludes halogenated alkanes) is 66. The van der Waals surface area contributed by atoms with Crippen LogP contribution in [0.3, 0.4) is 0 Å². The van der Waals surface area contributed by atoms with E-state index in [4.69, 9.17) is 14.2 Å². The minimum Gasteiger partial charge on any atom is -0.462 e. The van der Waals surface area contributed by atoms with Crippen LogP contribution in [0.5, 0.6) is 0 Å². The molecule has 0 aliphatic heterocycles. The number of rotatable bonds is 77. The van der Waals surface area contributed by atoms with E-state index in [0.717, 1.165) is 57.8 Å². The van der Waals surface area contributed by atoms with Gasteiger partial charge in [0, 0.05) is 19.3 Å². The number of hydrogen-bond donors (Lipinski definition) is 0. The lowest BCUT2D eigenvalue weighted by Gasteiger charge is -2.18. The summed E-state index contributed by atoms with van der Waals surface area (Å²) in [5, 5.41) is 0. The highest BCUT2D eigenvalue weighted by molar-refractivity contribution is 5.71. The fourth-order valence-corrected chi connectivity index (χ4v) is 13.0. The molecule has 0 aromatic carbocycles. The van der Waals surface area contributed by atoms with Gasteiger partial charge in [-0.1, -0.05) is 445 Å². The molecule has 0 aliphatic carbocycles. The van der Waals surface area contributed by atoms with Crippen LogP contribution >= 0.6 is 0 Å². The average molecular weight is 1230 g/mol. The molecule has 0 aliphatic rings. The van der Waals surface area contributed by atoms with Gasteiger partial charge in [-0.25, -0.2) is 0 Å². The zero-order valence-electron chi connectivity index (χ0n) is 59.9. The van der Waals surface area contributed by atoms with Crippen LogP contribution < -0.4 is 0 Å². The standard InChI is InChI=1S/C81H158O6/c1-4-7-10-13-16-19-22-25-28-31-34-37-40-43-46-49-52-55-58-61-64-67-70-73-79(82)85-76-78(87-81(84)75-72-69-66-63-60-57-54-51-48-45-42-39-36-33-30-27-24-21-18-15-12-9-6-3)77-86-80(83)74-71-68-65-62-59-56-53-50-47-44-41-38-35-32-29-26-23-20-17-14-11-8-5-2/h78H,4-77H2,1-3H3. The molecule has 0 saturated heterocycles. The van der Waals surface area contributed by atoms with Crippen molar-refractivity contribution in [3.63, 3.8) is 0 Å². The molecule has 0 unspecified atom stereocenters. The largest absolute Gasteiger partial charge is 0.462 e. The van der Waals surface area contributed by atoms with Gasteiger partial charge in [-0.3, -0.25) is 14.4 Å². The van der Waals surface area contributed by atoms with Crippen molar-refractivity contribution in [2.24, 2.45) is 0 Å². The zero-order chi connectivity index (χ0) is 62.8. The second kappa shape index (κ2) is 76.9. The maximum atomic E-state index is 13.0. The van der Waals surface area contributed by atoms with E-state index in [1.165, 1.54) is 385 Å². The summed E-state index contributed by atoms with van der Waals surface area (Å²) in [4.78, 5) is 38.7. The number of esters is 3. The summed E-state index contributed by atoms with van der Waals surface area (Å²) in [6.07, 6.45) is 93.1. The van der Waals surface area contributed by atoms with Crippen molar-refractivity contribution in [2.45, 2.75) is 489 Å². The van der Waals surface area contributed by atoms with Crippen LogP contribution in [-0.2, 0) is 28.6 Å². The van der Waals surface area contributed by atoms with Gasteiger partial charge >= 0.3 is 17.9 Å². The number of carbonyl (C=O) groups is 3. The normalized spacial score (nSPS) is 11.6. The highest BCUT2D eigenvalue weighted by Crippen LogP contribution is 2.21. The van der Waals surface area contributed by atoms with Crippen LogP contribution in [-0.4, -0.2) is 37.2 Å². The molecule has 518 valence electrons. The van der Waals surface area contributed by atoms with E-state index in [2.05, 4.69) is 20.8 Å². The van der Waals surface area contributed by atoms with E-state index < -0.39 is 6.10 Å². The Balaban J connectivity index is 4.25. The molecule has 0 saturated carbocycles. The predicted molar refractivity (Wildman–Crippen MR) is 381 cm³/mol. The summed E-state index contributed by atoms with van der Waals surface area (Å²) in [7, 11) is 0. The summed E-state index contributed by atoms with van der Waals surface area (Å²) < 4.78 is 17.1. The van der Waals surface area contributed by atoms with Crippen molar-refractivity contribution < 1.29 is 28.6 Å². The summed E-state index contributed by atoms with van der Waals surface area (Å²) in [6.45, 7) is 6.77. The molecule has 0 heterocycles. The SMILES string of the molecule is CCCCCCCCCCCCCCCCCCCCCCCCCC(=O)OCC(COC(=O)CCCCCCCCCCCCCCCCCCCCCCCCC)OC(=O)CCCCCCCCCCCCCCCCCCCCCCCCC. The monoisotopic (exact) mass is 1230 g/mol. The third kappa shape index (κ3) is 75.0. The fraction of sp³-hybridized carbons (Fsp3) is 0.963. The molecule has 0 bridgehead atoms. The van der Waals surface area contributed by atoms with Gasteiger partial charge in [0.15, 0.2) is 6.10 Å². The van der Waals surface area contributed by atoms with Crippen molar-refractivity contribution >= 4 is 17.9 Å². The Morgan fingerprint density at radius 2 is 0.310 bits per heavy atom. The first-order chi connectivity index (χ1) is 43.0. The van der Waals surface area contributed by atoms with Crippen LogP contribution in [0.2, 0.25) is 0 Å². The molecule has 0 rings (SSSR count). The van der Waals surface area contributed by atoms with E-state index in [1.807, 2.05) is 0 Å². The van der Waals surface area contributed by atoms with Gasteiger partial charge < -0.3 is 14.2 Å². The van der Waals surface area contributed by atoms with Gasteiger partial charge in [0.1, 0.15) is 13.2 Å². The minimum atomic E-state index is -0.765. The lowest BCUT2D eigenvalue weighted by atomic mass is 10.0. The molecule has 0 spiro atoms. The molecule has 0 fully saturated rings. The van der Waals surface area contributed by atoms with Gasteiger partial charge in [0.2, 0.25) is 0 Å². The molecule has 0 atom stereocenters. The smallest absolute Gasteiger partial charge is 0.306 e. The lowest BCUT2D eigenvalue weighted by Crippen LogP contribution is -2.30. The second-order valence-electron chi connectivity index (χ2n) is 28.1. The van der Waals surface area contributed by atoms with Crippen molar-refractivity contribution in [1.29, 1.82) is 0 Å². The summed E-state index contributed by atoms with van der Waals surface area (Å²) in [5.74, 6) is -0.809. The summed E-state index contributed by atoms with van der Waals surface area (Å²) in [5.41, 5.74) is 0. The van der Waals surface area contributed by atoms with E-state index in [9.17, 15) is 14.4 Å². The van der Waals surface area contributed by atoms with Gasteiger partial charge in [-0.2, -0.15) is 0 Å². The van der Waals surface area contributed by atoms with Gasteiger partial charge in [0.05, 0.1) is 0 Å². The van der Waals surface area contributed by atoms with E-state index >= 15 is 0 Å². The van der Waals surface area contributed by atoms with E-state index in [0.29, 0.717) is 19.3 Å². The third-order valence-electron chi connectivity index (χ3n) is 19.1. The van der Waals surface area contributed by atoms with Crippen LogP contribution in [0.25, 0.3) is 0 Å². The first-order valence-corrected chi connectivity index (χ1v) is 40.5. The van der Waals surface area contributed by atoms with E-state index in [1.54, 1.807) is 0 Å². The average Bonchev–Trinajstić information content (AvgIpc) is 3.54. The Morgan fingerprint density at radius 1 is 0.184 bits per heavy atom. The zero-order valence-corrected chi connectivity index (χ0v) is 59.9.